The van der Waals surface area contributed by atoms with Crippen LogP contribution in [0.3, 0.4) is 0 Å². The van der Waals surface area contributed by atoms with Gasteiger partial charge in [-0.25, -0.2) is 14.8 Å². The van der Waals surface area contributed by atoms with Crippen molar-refractivity contribution in [1.29, 1.82) is 0 Å². The fourth-order valence-corrected chi connectivity index (χ4v) is 7.13. The number of nitrogens with one attached hydrogen (secondary N) is 5. The summed E-state index contributed by atoms with van der Waals surface area (Å²) < 4.78 is 62.3. The zero-order valence-corrected chi connectivity index (χ0v) is 35.6. The van der Waals surface area contributed by atoms with Gasteiger partial charge in [-0.3, -0.25) is 14.4 Å². The molecule has 5 N–H and O–H groups in total. The topological polar surface area (TPSA) is 198 Å². The van der Waals surface area contributed by atoms with Crippen LogP contribution in [0.15, 0.2) is 60.9 Å². The molecular weight excluding hydrogens is 837 g/mol. The third-order valence-electron chi connectivity index (χ3n) is 10.2. The summed E-state index contributed by atoms with van der Waals surface area (Å²) in [6, 6.07) is 10.3. The Morgan fingerprint density at radius 1 is 0.984 bits per heavy atom. The summed E-state index contributed by atoms with van der Waals surface area (Å²) in [5.74, 6) is -2.22. The summed E-state index contributed by atoms with van der Waals surface area (Å²) in [6.07, 6.45) is -2.69. The Labute approximate surface area is 360 Å². The molecule has 0 saturated carbocycles. The van der Waals surface area contributed by atoms with Crippen molar-refractivity contribution >= 4 is 46.9 Å². The molecular formula is C42H48ClF3N8O8. The van der Waals surface area contributed by atoms with Gasteiger partial charge in [0.1, 0.15) is 23.4 Å². The molecule has 0 bridgehead atoms. The van der Waals surface area contributed by atoms with Gasteiger partial charge in [-0.15, -0.1) is 13.2 Å². The molecule has 62 heavy (non-hydrogen) atoms. The number of hydrogen-bond donors (Lipinski definition) is 5. The number of rotatable bonds is 13. The van der Waals surface area contributed by atoms with Crippen LogP contribution in [0.25, 0.3) is 22.4 Å². The highest BCUT2D eigenvalue weighted by atomic mass is 35.5. The minimum absolute atomic E-state index is 0.000185. The van der Waals surface area contributed by atoms with E-state index in [-0.39, 0.29) is 52.5 Å². The standard InChI is InChI=1S/C42H48ClF3N8O8/c1-23(2)34(53-39(58)59-6)37(56)54-22-41(60-15-16-61-41)19-31(54)35-50-21-30(51-35)25-9-7-24(8-10-25)27-17-28(43)29(18-32(27)62-42(44,45)46)52-36(55)26-11-12-33(49-20-26)47-13-14-48-38(57)40(3,4)5/h7-12,17-18,20-21,23,31,34H,13-16,19,22H2,1-6H3,(H,47,49)(H,48,57)(H,50,51)(H,52,55)(H,53,58)/t31-,34-/m0/s1. The number of hydrogen-bond acceptors (Lipinski definition) is 11. The Bertz CT molecular complexity index is 2260. The number of pyridine rings is 1. The summed E-state index contributed by atoms with van der Waals surface area (Å²) in [6.45, 7) is 10.6. The molecule has 1 spiro atoms. The summed E-state index contributed by atoms with van der Waals surface area (Å²) in [5, 5.41) is 10.9. The van der Waals surface area contributed by atoms with E-state index in [1.54, 1.807) is 76.0 Å². The van der Waals surface area contributed by atoms with E-state index < -0.39 is 47.4 Å². The first-order valence-electron chi connectivity index (χ1n) is 19.7. The minimum Gasteiger partial charge on any atom is -0.453 e. The molecule has 2 fully saturated rings. The number of benzene rings is 2. The van der Waals surface area contributed by atoms with Crippen LogP contribution >= 0.6 is 11.6 Å². The zero-order valence-electron chi connectivity index (χ0n) is 34.9. The van der Waals surface area contributed by atoms with Crippen LogP contribution in [-0.4, -0.2) is 102 Å². The van der Waals surface area contributed by atoms with Crippen LogP contribution in [0.4, 0.5) is 29.5 Å². The largest absolute Gasteiger partial charge is 0.573 e. The highest BCUT2D eigenvalue weighted by molar-refractivity contribution is 6.34. The van der Waals surface area contributed by atoms with Crippen molar-refractivity contribution in [1.82, 2.24) is 30.5 Å². The number of alkyl halides is 3. The number of likely N-dealkylation sites (tertiary alicyclic amines) is 1. The van der Waals surface area contributed by atoms with Gasteiger partial charge in [0.05, 0.1) is 61.1 Å². The number of nitrogens with zero attached hydrogens (tertiary/aromatic N) is 3. The van der Waals surface area contributed by atoms with Gasteiger partial charge in [-0.2, -0.15) is 0 Å². The predicted octanol–water partition coefficient (Wildman–Crippen LogP) is 6.91. The van der Waals surface area contributed by atoms with Crippen molar-refractivity contribution in [3.8, 4) is 28.1 Å². The summed E-state index contributed by atoms with van der Waals surface area (Å²) in [4.78, 5) is 64.9. The van der Waals surface area contributed by atoms with Crippen LogP contribution in [0, 0.1) is 11.3 Å². The molecule has 0 aliphatic carbocycles. The van der Waals surface area contributed by atoms with Crippen molar-refractivity contribution in [2.24, 2.45) is 11.3 Å². The molecule has 2 aliphatic rings. The van der Waals surface area contributed by atoms with E-state index in [0.717, 1.165) is 6.07 Å². The molecule has 332 valence electrons. The molecule has 2 aromatic heterocycles. The average molecular weight is 885 g/mol. The maximum absolute atomic E-state index is 13.9. The molecule has 20 heteroatoms. The van der Waals surface area contributed by atoms with E-state index in [9.17, 15) is 32.3 Å². The maximum atomic E-state index is 13.9. The molecule has 0 radical (unpaired) electrons. The van der Waals surface area contributed by atoms with Crippen LogP contribution in [0.1, 0.15) is 63.3 Å². The zero-order chi connectivity index (χ0) is 45.0. The lowest BCUT2D eigenvalue weighted by molar-refractivity contribution is -0.274. The van der Waals surface area contributed by atoms with Crippen LogP contribution in [-0.2, 0) is 23.8 Å². The van der Waals surface area contributed by atoms with E-state index in [4.69, 9.17) is 25.8 Å². The number of alkyl carbamates (subject to hydrolysis) is 1. The lowest BCUT2D eigenvalue weighted by Gasteiger charge is -2.30. The Morgan fingerprint density at radius 2 is 1.68 bits per heavy atom. The Balaban J connectivity index is 1.17. The van der Waals surface area contributed by atoms with E-state index in [0.29, 0.717) is 54.8 Å². The minimum atomic E-state index is -5.08. The number of aromatic nitrogens is 3. The average Bonchev–Trinajstić information content (AvgIpc) is 3.99. The number of amides is 4. The van der Waals surface area contributed by atoms with E-state index >= 15 is 0 Å². The number of imidazole rings is 1. The molecule has 2 saturated heterocycles. The normalized spacial score (nSPS) is 16.6. The van der Waals surface area contributed by atoms with Crippen LogP contribution in [0.5, 0.6) is 5.75 Å². The molecule has 4 heterocycles. The highest BCUT2D eigenvalue weighted by Crippen LogP contribution is 2.44. The number of H-pyrrole nitrogens is 1. The van der Waals surface area contributed by atoms with Gasteiger partial charge in [0.2, 0.25) is 11.8 Å². The number of anilines is 2. The number of ether oxygens (including phenoxy) is 4. The lowest BCUT2D eigenvalue weighted by atomic mass is 9.96. The van der Waals surface area contributed by atoms with E-state index in [1.807, 2.05) is 0 Å². The fourth-order valence-electron chi connectivity index (χ4n) is 6.92. The lowest BCUT2D eigenvalue weighted by Crippen LogP contribution is -2.52. The number of carbonyl (C=O) groups excluding carboxylic acids is 4. The predicted molar refractivity (Wildman–Crippen MR) is 222 cm³/mol. The van der Waals surface area contributed by atoms with Crippen molar-refractivity contribution in [2.45, 2.75) is 65.3 Å². The first kappa shape index (κ1) is 45.6. The Hall–Kier alpha value is -5.92. The number of aromatic amines is 1. The molecule has 16 nitrogen and oxygen atoms in total. The molecule has 6 rings (SSSR count). The van der Waals surface area contributed by atoms with Gasteiger partial charge in [-0.05, 0) is 35.2 Å². The van der Waals surface area contributed by atoms with Crippen LogP contribution < -0.4 is 26.0 Å². The number of methoxy groups -OCH3 is 1. The monoisotopic (exact) mass is 884 g/mol. The molecule has 4 amide bonds. The van der Waals surface area contributed by atoms with Crippen molar-refractivity contribution in [3.63, 3.8) is 0 Å². The smallest absolute Gasteiger partial charge is 0.453 e. The second-order valence-corrected chi connectivity index (χ2v) is 16.5. The molecule has 2 aromatic carbocycles. The van der Waals surface area contributed by atoms with Gasteiger partial charge < -0.3 is 50.1 Å². The van der Waals surface area contributed by atoms with Crippen molar-refractivity contribution < 1.29 is 51.3 Å². The molecule has 4 aromatic rings. The van der Waals surface area contributed by atoms with Crippen LogP contribution in [0.2, 0.25) is 5.02 Å². The van der Waals surface area contributed by atoms with Gasteiger partial charge in [0, 0.05) is 42.8 Å². The van der Waals surface area contributed by atoms with E-state index in [2.05, 4.69) is 41.0 Å². The summed E-state index contributed by atoms with van der Waals surface area (Å²) in [5.41, 5.74) is 0.935. The third kappa shape index (κ3) is 10.9. The first-order chi connectivity index (χ1) is 29.3. The molecule has 0 unspecified atom stereocenters. The second kappa shape index (κ2) is 18.6. The van der Waals surface area contributed by atoms with E-state index in [1.165, 1.54) is 25.4 Å². The number of carbonyl (C=O) groups is 4. The van der Waals surface area contributed by atoms with Gasteiger partial charge in [0.25, 0.3) is 5.91 Å². The second-order valence-electron chi connectivity index (χ2n) is 16.1. The van der Waals surface area contributed by atoms with Gasteiger partial charge in [0.15, 0.2) is 5.79 Å². The third-order valence-corrected chi connectivity index (χ3v) is 10.5. The maximum Gasteiger partial charge on any atom is 0.573 e. The highest BCUT2D eigenvalue weighted by Gasteiger charge is 2.52. The van der Waals surface area contributed by atoms with Crippen molar-refractivity contribution in [3.05, 3.63) is 77.3 Å². The van der Waals surface area contributed by atoms with Crippen molar-refractivity contribution in [2.75, 3.05) is 50.6 Å². The Kier molecular flexibility index (Phi) is 13.7. The summed E-state index contributed by atoms with van der Waals surface area (Å²) in [7, 11) is 1.21. The first-order valence-corrected chi connectivity index (χ1v) is 20.1. The quantitative estimate of drug-likeness (QED) is 0.0875. The SMILES string of the molecule is COC(=O)N[C@H](C(=O)N1CC2(C[C@H]1c1ncc(-c3ccc(-c4cc(Cl)c(NC(=O)c5ccc(NCCNC(=O)C(C)(C)C)nc5)cc4OC(F)(F)F)cc3)[nH]1)OCCO2)C(C)C. The molecule has 2 aliphatic heterocycles. The molecule has 2 atom stereocenters. The summed E-state index contributed by atoms with van der Waals surface area (Å²) >= 11 is 6.55. The Morgan fingerprint density at radius 3 is 2.29 bits per heavy atom. The van der Waals surface area contributed by atoms with Gasteiger partial charge in [-0.1, -0.05) is 70.5 Å². The number of halogens is 4. The van der Waals surface area contributed by atoms with Gasteiger partial charge >= 0.3 is 12.5 Å². The fraction of sp³-hybridized carbons (Fsp3) is 0.429.